The zero-order chi connectivity index (χ0) is 71.1. The molecule has 3 N–H and O–H groups in total. The maximum Gasteiger partial charge on any atom is 2.00 e. The van der Waals surface area contributed by atoms with E-state index in [0.29, 0.717) is 88.9 Å². The minimum atomic E-state index is -1.94. The Hall–Kier alpha value is -10.6. The number of aliphatic hydroxyl groups is 2. The van der Waals surface area contributed by atoms with Crippen molar-refractivity contribution >= 4 is 79.4 Å². The van der Waals surface area contributed by atoms with Gasteiger partial charge in [-0.15, -0.1) is 0 Å². The van der Waals surface area contributed by atoms with Gasteiger partial charge in [0.25, 0.3) is 23.6 Å². The van der Waals surface area contributed by atoms with E-state index in [9.17, 15) is 47.7 Å². The number of imide groups is 1. The van der Waals surface area contributed by atoms with Gasteiger partial charge in [-0.3, -0.25) is 48.8 Å². The quantitative estimate of drug-likeness (QED) is 0.0624. The van der Waals surface area contributed by atoms with Crippen LogP contribution < -0.4 is 31.2 Å². The van der Waals surface area contributed by atoms with E-state index >= 15 is 0 Å². The molecule has 4 aliphatic heterocycles. The number of aromatic nitrogens is 3. The Morgan fingerprint density at radius 3 is 1.22 bits per heavy atom. The number of amides is 4. The number of hydrogen-bond donors (Lipinski definition) is 3. The second-order valence-corrected chi connectivity index (χ2v) is 24.0. The fourth-order valence-corrected chi connectivity index (χ4v) is 13.2. The van der Waals surface area contributed by atoms with Crippen LogP contribution in [0.1, 0.15) is 104 Å². The maximum absolute atomic E-state index is 13.8. The van der Waals surface area contributed by atoms with Gasteiger partial charge in [-0.05, 0) is 127 Å². The summed E-state index contributed by atoms with van der Waals surface area (Å²) in [6.07, 6.45) is 7.37. The van der Waals surface area contributed by atoms with Crippen LogP contribution in [0.15, 0.2) is 219 Å². The van der Waals surface area contributed by atoms with Crippen LogP contribution in [0.4, 0.5) is 13.2 Å². The van der Waals surface area contributed by atoms with E-state index < -0.39 is 35.0 Å². The number of halogens is 4. The average molecular weight is 1460 g/mol. The number of fused-ring (bicyclic) bond motifs is 6. The molecule has 1 fully saturated rings. The van der Waals surface area contributed by atoms with Crippen LogP contribution in [0, 0.1) is 37.4 Å². The van der Waals surface area contributed by atoms with Gasteiger partial charge in [0.2, 0.25) is 0 Å². The van der Waals surface area contributed by atoms with Gasteiger partial charge in [-0.25, -0.2) is 13.2 Å². The predicted octanol–water partition coefficient (Wildman–Crippen LogP) is 10.9. The van der Waals surface area contributed by atoms with E-state index in [0.717, 1.165) is 23.5 Å². The van der Waals surface area contributed by atoms with Gasteiger partial charge >= 0.3 is 23.1 Å². The number of carbonyl (C=O) groups is 4. The van der Waals surface area contributed by atoms with E-state index in [-0.39, 0.29) is 111 Å². The van der Waals surface area contributed by atoms with Crippen molar-refractivity contribution in [1.29, 1.82) is 0 Å². The molecule has 12 aromatic rings. The van der Waals surface area contributed by atoms with Crippen molar-refractivity contribution < 1.29 is 83.6 Å². The van der Waals surface area contributed by atoms with Gasteiger partial charge < -0.3 is 51.2 Å². The molecule has 0 bridgehead atoms. The zero-order valence-corrected chi connectivity index (χ0v) is 59.7. The van der Waals surface area contributed by atoms with Crippen molar-refractivity contribution in [1.82, 2.24) is 29.7 Å². The molecule has 22 heteroatoms. The first-order chi connectivity index (χ1) is 48.9. The molecule has 0 aliphatic carbocycles. The molecule has 16 rings (SSSR count). The minimum Gasteiger partial charge on any atom is -1.00 e. The Bertz CT molecular complexity index is 4830. The first kappa shape index (κ1) is 75.1. The first-order valence-corrected chi connectivity index (χ1v) is 32.3. The normalized spacial score (nSPS) is 16.0. The van der Waals surface area contributed by atoms with Crippen LogP contribution in [0.5, 0.6) is 23.0 Å². The number of phenols is 1. The number of phenolic OH excluding ortho intramolecular Hbond substituents is 1. The number of hydrogen-bond acceptors (Lipinski definition) is 14. The molecular weight excluding hydrogens is 1390 g/mol. The summed E-state index contributed by atoms with van der Waals surface area (Å²) in [6, 6.07) is 58.2. The molecule has 1 saturated heterocycles. The third-order valence-electron chi connectivity index (χ3n) is 18.0. The Kier molecular flexibility index (Phi) is 23.8. The third-order valence-corrected chi connectivity index (χ3v) is 18.0. The van der Waals surface area contributed by atoms with Crippen LogP contribution in [-0.2, 0) is 35.8 Å². The number of methoxy groups -OCH3 is 3. The standard InChI is InChI=1S/C26H21FN2O3.C25H19FN2O4.C20H15FN2O3.C6H5.C4H8O.BrH.Mg/c1-16-21-22(24(32-2)20-9-6-14-28-23(16)20)26(31,18-7-4-3-5-8-18)29(25(21)30)15-17-10-12-19(27)13-11-17;1-32-23-18-8-5-13-27-21(18)22(29)19-20(23)25(31,16-6-3-2-4-7-16)28(24(19)30)14-15-9-11-17(26)12-10-15;1-11-15-16(18(26-2)14-4-3-9-22-17(11)14)20(25)23(19(15)24)10-12-5-7-13(21)8-6-12;1-2-4-6-5-3-1;1-2-4-5-3-1;;/h3-14,31H,15H2,1-2H3;2-13,29,31H,14H2,1H3;3-9H,10H2,1-2H3;1-5H;1-4H2;1H;/q;;;-1;;;+2/p-1. The molecular formula is C81H68BrF3MgN6O11. The third kappa shape index (κ3) is 14.4. The average Bonchev–Trinajstić information content (AvgIpc) is 1.57. The van der Waals surface area contributed by atoms with Gasteiger partial charge in [-0.1, -0.05) is 97.1 Å². The molecule has 4 aliphatic rings. The van der Waals surface area contributed by atoms with Gasteiger partial charge in [-0.2, -0.15) is 36.4 Å². The van der Waals surface area contributed by atoms with E-state index in [1.54, 1.807) is 122 Å². The number of pyridine rings is 3. The van der Waals surface area contributed by atoms with Crippen molar-refractivity contribution in [3.05, 3.63) is 315 Å². The molecule has 2 unspecified atom stereocenters. The smallest absolute Gasteiger partial charge is 1.00 e. The summed E-state index contributed by atoms with van der Waals surface area (Å²) >= 11 is 0. The molecule has 0 spiro atoms. The van der Waals surface area contributed by atoms with E-state index in [1.165, 1.54) is 86.6 Å². The topological polar surface area (TPSA) is 214 Å². The second-order valence-electron chi connectivity index (χ2n) is 24.0. The summed E-state index contributed by atoms with van der Waals surface area (Å²) in [6.45, 7) is 5.74. The molecule has 7 heterocycles. The van der Waals surface area contributed by atoms with Crippen molar-refractivity contribution in [3.63, 3.8) is 0 Å². The van der Waals surface area contributed by atoms with E-state index in [1.807, 2.05) is 67.6 Å². The number of aromatic hydroxyl groups is 1. The summed E-state index contributed by atoms with van der Waals surface area (Å²) in [5.41, 5.74) is 3.48. The Morgan fingerprint density at radius 2 is 0.825 bits per heavy atom. The summed E-state index contributed by atoms with van der Waals surface area (Å²) < 4.78 is 61.9. The minimum absolute atomic E-state index is 0. The second kappa shape index (κ2) is 32.6. The molecule has 4 amide bonds. The number of ether oxygens (including phenoxy) is 4. The van der Waals surface area contributed by atoms with Crippen LogP contribution in [0.25, 0.3) is 32.7 Å². The predicted molar refractivity (Wildman–Crippen MR) is 379 cm³/mol. The fourth-order valence-electron chi connectivity index (χ4n) is 13.2. The zero-order valence-electron chi connectivity index (χ0n) is 56.7. The fraction of sp³-hybridized carbons (Fsp3) is 0.173. The SMILES string of the molecule is C1CCOC1.COc1c2c(c(C)c3ncccc13)C(=O)N(Cc1ccc(F)cc1)C2(O)c1ccccc1.COc1c2c(c(C)c3ncccc13)C(=O)N(Cc1ccc(F)cc1)C2=O.COc1c2c(c(O)c3ncccc13)C(=O)N(Cc1ccc(F)cc1)C2(O)c1ccccc1.[Br-].[Mg+2].[c-]1ccccc1. The largest absolute Gasteiger partial charge is 2.00 e. The number of nitrogens with zero attached hydrogens (tertiary/aromatic N) is 6. The summed E-state index contributed by atoms with van der Waals surface area (Å²) in [5.74, 6) is -2.16. The van der Waals surface area contributed by atoms with Crippen molar-refractivity contribution in [2.45, 2.75) is 57.8 Å². The van der Waals surface area contributed by atoms with Crippen LogP contribution in [0.3, 0.4) is 0 Å². The monoisotopic (exact) mass is 1460 g/mol. The van der Waals surface area contributed by atoms with Gasteiger partial charge in [0.1, 0.15) is 40.2 Å². The number of benzene rings is 9. The molecule has 518 valence electrons. The maximum atomic E-state index is 13.8. The van der Waals surface area contributed by atoms with Gasteiger partial charge in [0, 0.05) is 72.2 Å². The Labute approximate surface area is 618 Å². The molecule has 9 aromatic carbocycles. The van der Waals surface area contributed by atoms with Gasteiger partial charge in [0.15, 0.2) is 17.2 Å². The van der Waals surface area contributed by atoms with Crippen molar-refractivity contribution in [3.8, 4) is 23.0 Å². The van der Waals surface area contributed by atoms with Crippen molar-refractivity contribution in [2.75, 3.05) is 34.5 Å². The first-order valence-electron chi connectivity index (χ1n) is 32.3. The van der Waals surface area contributed by atoms with E-state index in [4.69, 9.17) is 18.9 Å². The summed E-state index contributed by atoms with van der Waals surface area (Å²) in [4.78, 5) is 70.2. The van der Waals surface area contributed by atoms with Crippen LogP contribution in [-0.4, -0.2) is 126 Å². The molecule has 2 atom stereocenters. The molecule has 0 saturated carbocycles. The summed E-state index contributed by atoms with van der Waals surface area (Å²) in [5, 5.41) is 37.4. The molecule has 17 nitrogen and oxygen atoms in total. The molecule has 3 aromatic heterocycles. The summed E-state index contributed by atoms with van der Waals surface area (Å²) in [7, 11) is 4.44. The number of aryl methyl sites for hydroxylation is 2. The molecule has 0 radical (unpaired) electrons. The van der Waals surface area contributed by atoms with E-state index in [2.05, 4.69) is 21.0 Å². The van der Waals surface area contributed by atoms with Gasteiger partial charge in [0.05, 0.1) is 72.3 Å². The van der Waals surface area contributed by atoms with Crippen LogP contribution >= 0.6 is 0 Å². The molecule has 103 heavy (non-hydrogen) atoms. The number of carbonyl (C=O) groups excluding carboxylic acids is 4. The number of rotatable bonds is 11. The Balaban J connectivity index is 0.000000153. The van der Waals surface area contributed by atoms with Crippen LogP contribution in [0.2, 0.25) is 0 Å². The Morgan fingerprint density at radius 1 is 0.456 bits per heavy atom. The van der Waals surface area contributed by atoms with Crippen molar-refractivity contribution in [2.24, 2.45) is 0 Å².